The highest BCUT2D eigenvalue weighted by Gasteiger charge is 2.52. The third-order valence-corrected chi connectivity index (χ3v) is 13.4. The second-order valence-corrected chi connectivity index (χ2v) is 17.2. The van der Waals surface area contributed by atoms with Gasteiger partial charge in [0.1, 0.15) is 30.2 Å². The molecule has 3 N–H and O–H groups in total. The van der Waals surface area contributed by atoms with E-state index in [0.717, 1.165) is 91.9 Å². The Bertz CT molecular complexity index is 1890. The van der Waals surface area contributed by atoms with Crippen LogP contribution in [0.5, 0.6) is 0 Å². The minimum atomic E-state index is -1.12. The van der Waals surface area contributed by atoms with Crippen LogP contribution in [0.4, 0.5) is 9.59 Å². The van der Waals surface area contributed by atoms with Crippen LogP contribution in [0.25, 0.3) is 11.3 Å². The molecule has 56 heavy (non-hydrogen) atoms. The van der Waals surface area contributed by atoms with Crippen LogP contribution in [-0.2, 0) is 25.2 Å². The Labute approximate surface area is 328 Å². The number of aromatic nitrogens is 3. The van der Waals surface area contributed by atoms with E-state index in [1.807, 2.05) is 45.1 Å². The van der Waals surface area contributed by atoms with Crippen molar-refractivity contribution in [3.05, 3.63) is 59.7 Å². The molecule has 2 aliphatic heterocycles. The van der Waals surface area contributed by atoms with Crippen LogP contribution in [0.3, 0.4) is 0 Å². The fourth-order valence-electron chi connectivity index (χ4n) is 10.0. The molecule has 5 fully saturated rings. The Morgan fingerprint density at radius 1 is 0.893 bits per heavy atom. The molecular formula is C42H57N7O7. The van der Waals surface area contributed by atoms with Gasteiger partial charge in [-0.2, -0.15) is 0 Å². The van der Waals surface area contributed by atoms with E-state index in [4.69, 9.17) is 19.1 Å². The number of oxazole rings is 1. The van der Waals surface area contributed by atoms with Crippen molar-refractivity contribution in [1.29, 1.82) is 0 Å². The van der Waals surface area contributed by atoms with E-state index in [9.17, 15) is 24.3 Å². The maximum absolute atomic E-state index is 13.7. The molecule has 14 heteroatoms. The quantitative estimate of drug-likeness (QED) is 0.186. The zero-order chi connectivity index (χ0) is 39.9. The lowest BCUT2D eigenvalue weighted by atomic mass is 9.51. The SMILES string of the molecule is COC(=O)N[C@H](C(=O)N1CCCC1c1nc(-c2ccc(C34CCC(c5coc([C@@H]6CCCN6C(=O)[C@H](C(C)C)N(C)C(=O)O)n5)(CC3)CC4)cc2)c[nH]1)C(C)C. The Morgan fingerprint density at radius 3 is 2.09 bits per heavy atom. The van der Waals surface area contributed by atoms with Gasteiger partial charge in [-0.1, -0.05) is 52.0 Å². The maximum Gasteiger partial charge on any atom is 0.407 e. The van der Waals surface area contributed by atoms with Gasteiger partial charge in [0.2, 0.25) is 17.7 Å². The molecule has 1 aromatic carbocycles. The molecule has 302 valence electrons. The molecule has 2 aromatic heterocycles. The van der Waals surface area contributed by atoms with Crippen LogP contribution in [0, 0.1) is 11.8 Å². The maximum atomic E-state index is 13.7. The number of carboxylic acid groups (broad SMARTS) is 1. The van der Waals surface area contributed by atoms with E-state index in [1.54, 1.807) is 4.90 Å². The Balaban J connectivity index is 1.000. The van der Waals surface area contributed by atoms with Gasteiger partial charge in [0.15, 0.2) is 0 Å². The topological polar surface area (TPSA) is 174 Å². The Morgan fingerprint density at radius 2 is 1.50 bits per heavy atom. The first-order chi connectivity index (χ1) is 26.8. The summed E-state index contributed by atoms with van der Waals surface area (Å²) in [5.41, 5.74) is 4.24. The van der Waals surface area contributed by atoms with Crippen molar-refractivity contribution in [2.45, 2.75) is 127 Å². The van der Waals surface area contributed by atoms with Crippen molar-refractivity contribution in [2.75, 3.05) is 27.2 Å². The number of ether oxygens (including phenoxy) is 1. The van der Waals surface area contributed by atoms with E-state index in [1.165, 1.54) is 19.7 Å². The minimum absolute atomic E-state index is 0.0492. The standard InChI is InChI=1S/C42H57N7O7/c1-25(2)33(46-39(52)55-6)37(50)48-21-7-9-30(48)35-43-23-29(44-35)27-11-13-28(14-12-27)41-15-18-42(19-16-41,20-17-41)32-24-56-36(45-32)31-10-8-22-49(31)38(51)34(26(3)4)47(5)40(53)54/h11-14,23-26,30-31,33-34H,7-10,15-22H2,1-6H3,(H,43,44)(H,46,52)(H,53,54)/t30?,31-,33-,34-,41?,42?/m0/s1. The van der Waals surface area contributed by atoms with Crippen molar-refractivity contribution < 1.29 is 33.4 Å². The zero-order valence-corrected chi connectivity index (χ0v) is 33.5. The summed E-state index contributed by atoms with van der Waals surface area (Å²) in [6.45, 7) is 8.73. The number of aromatic amines is 1. The van der Waals surface area contributed by atoms with Gasteiger partial charge in [0.25, 0.3) is 0 Å². The summed E-state index contributed by atoms with van der Waals surface area (Å²) in [6.07, 6.45) is 11.4. The number of nitrogens with zero attached hydrogens (tertiary/aromatic N) is 5. The monoisotopic (exact) mass is 771 g/mol. The van der Waals surface area contributed by atoms with Gasteiger partial charge >= 0.3 is 12.2 Å². The van der Waals surface area contributed by atoms with Crippen molar-refractivity contribution in [2.24, 2.45) is 11.8 Å². The zero-order valence-electron chi connectivity index (χ0n) is 33.5. The largest absolute Gasteiger partial charge is 0.465 e. The van der Waals surface area contributed by atoms with Gasteiger partial charge in [0.05, 0.1) is 24.5 Å². The summed E-state index contributed by atoms with van der Waals surface area (Å²) in [4.78, 5) is 69.1. The third kappa shape index (κ3) is 7.15. The highest BCUT2D eigenvalue weighted by atomic mass is 16.5. The summed E-state index contributed by atoms with van der Waals surface area (Å²) < 4.78 is 10.9. The van der Waals surface area contributed by atoms with Gasteiger partial charge < -0.3 is 34.4 Å². The van der Waals surface area contributed by atoms with Gasteiger partial charge in [-0.05, 0) is 87.0 Å². The van der Waals surface area contributed by atoms with E-state index >= 15 is 0 Å². The average Bonchev–Trinajstić information content (AvgIpc) is 4.04. The highest BCUT2D eigenvalue weighted by molar-refractivity contribution is 5.87. The van der Waals surface area contributed by atoms with Crippen LogP contribution >= 0.6 is 0 Å². The molecule has 4 atom stereocenters. The number of fused-ring (bicyclic) bond motifs is 3. The lowest BCUT2D eigenvalue weighted by molar-refractivity contribution is -0.139. The van der Waals surface area contributed by atoms with Crippen LogP contribution in [0.2, 0.25) is 0 Å². The average molecular weight is 772 g/mol. The second kappa shape index (κ2) is 15.6. The van der Waals surface area contributed by atoms with Crippen LogP contribution in [-0.4, -0.2) is 98.1 Å². The number of rotatable bonds is 11. The van der Waals surface area contributed by atoms with Crippen molar-refractivity contribution in [3.63, 3.8) is 0 Å². The molecule has 3 aliphatic carbocycles. The molecule has 4 heterocycles. The minimum Gasteiger partial charge on any atom is -0.465 e. The number of H-pyrrole nitrogens is 1. The number of benzene rings is 1. The number of likely N-dealkylation sites (N-methyl/N-ethyl adjacent to an activating group) is 1. The molecule has 5 aliphatic rings. The van der Waals surface area contributed by atoms with Gasteiger partial charge in [-0.25, -0.2) is 19.6 Å². The van der Waals surface area contributed by atoms with Crippen LogP contribution in [0.1, 0.15) is 127 Å². The summed E-state index contributed by atoms with van der Waals surface area (Å²) >= 11 is 0. The van der Waals surface area contributed by atoms with E-state index < -0.39 is 24.3 Å². The van der Waals surface area contributed by atoms with Crippen LogP contribution < -0.4 is 5.32 Å². The van der Waals surface area contributed by atoms with Gasteiger partial charge in [-0.3, -0.25) is 14.5 Å². The predicted octanol–water partition coefficient (Wildman–Crippen LogP) is 6.95. The number of amides is 4. The molecule has 3 saturated carbocycles. The number of imidazole rings is 1. The molecule has 14 nitrogen and oxygen atoms in total. The third-order valence-electron chi connectivity index (χ3n) is 13.4. The van der Waals surface area contributed by atoms with Gasteiger partial charge in [0, 0.05) is 37.3 Å². The number of hydrogen-bond acceptors (Lipinski definition) is 8. The molecule has 0 radical (unpaired) electrons. The fourth-order valence-corrected chi connectivity index (χ4v) is 10.0. The van der Waals surface area contributed by atoms with E-state index in [-0.39, 0.29) is 46.6 Å². The predicted molar refractivity (Wildman–Crippen MR) is 208 cm³/mol. The first-order valence-corrected chi connectivity index (χ1v) is 20.3. The lowest BCUT2D eigenvalue weighted by Crippen LogP contribution is -2.51. The second-order valence-electron chi connectivity index (χ2n) is 17.2. The Hall–Kier alpha value is -4.88. The van der Waals surface area contributed by atoms with Crippen molar-refractivity contribution >= 4 is 24.0 Å². The smallest absolute Gasteiger partial charge is 0.407 e. The number of hydrogen-bond donors (Lipinski definition) is 3. The van der Waals surface area contributed by atoms with Gasteiger partial charge in [-0.15, -0.1) is 0 Å². The number of methoxy groups -OCH3 is 1. The summed E-state index contributed by atoms with van der Waals surface area (Å²) in [5.74, 6) is 0.721. The molecule has 2 bridgehead atoms. The molecule has 3 aromatic rings. The molecule has 0 spiro atoms. The first kappa shape index (κ1) is 39.4. The first-order valence-electron chi connectivity index (χ1n) is 20.3. The van der Waals surface area contributed by atoms with E-state index in [0.29, 0.717) is 19.0 Å². The lowest BCUT2D eigenvalue weighted by Gasteiger charge is -2.53. The van der Waals surface area contributed by atoms with Crippen molar-refractivity contribution in [1.82, 2.24) is 35.0 Å². The number of carbonyl (C=O) groups excluding carboxylic acids is 3. The number of carbonyl (C=O) groups is 4. The number of alkyl carbamates (subject to hydrolysis) is 1. The Kier molecular flexibility index (Phi) is 10.9. The van der Waals surface area contributed by atoms with E-state index in [2.05, 4.69) is 34.6 Å². The number of likely N-dealkylation sites (tertiary alicyclic amines) is 2. The molecule has 8 rings (SSSR count). The summed E-state index contributed by atoms with van der Waals surface area (Å²) in [5, 5.41) is 12.3. The van der Waals surface area contributed by atoms with Crippen LogP contribution in [0.15, 0.2) is 41.1 Å². The molecular weight excluding hydrogens is 715 g/mol. The molecule has 4 amide bonds. The number of nitrogens with one attached hydrogen (secondary N) is 2. The molecule has 2 saturated heterocycles. The summed E-state index contributed by atoms with van der Waals surface area (Å²) in [6, 6.07) is 6.89. The molecule has 1 unspecified atom stereocenters. The fraction of sp³-hybridized carbons (Fsp3) is 0.619. The summed E-state index contributed by atoms with van der Waals surface area (Å²) in [7, 11) is 2.76. The normalized spacial score (nSPS) is 25.8. The highest BCUT2D eigenvalue weighted by Crippen LogP contribution is 2.58. The van der Waals surface area contributed by atoms with Crippen molar-refractivity contribution in [3.8, 4) is 11.3 Å².